The molecular formula is C15H29N3O. The Morgan fingerprint density at radius 1 is 1.16 bits per heavy atom. The first kappa shape index (κ1) is 14.8. The first-order chi connectivity index (χ1) is 9.24. The Bertz CT molecular complexity index is 269. The molecule has 0 spiro atoms. The zero-order valence-corrected chi connectivity index (χ0v) is 12.4. The summed E-state index contributed by atoms with van der Waals surface area (Å²) in [6.07, 6.45) is 7.00. The lowest BCUT2D eigenvalue weighted by atomic mass is 10.0. The third kappa shape index (κ3) is 5.49. The van der Waals surface area contributed by atoms with Crippen LogP contribution >= 0.6 is 0 Å². The molecule has 1 N–H and O–H groups in total. The number of carbonyl (C=O) groups is 1. The third-order valence-corrected chi connectivity index (χ3v) is 4.52. The molecule has 0 unspecified atom stereocenters. The minimum atomic E-state index is 0.269. The van der Waals surface area contributed by atoms with Crippen LogP contribution in [0.4, 0.5) is 0 Å². The van der Waals surface area contributed by atoms with Crippen LogP contribution in [0.5, 0.6) is 0 Å². The maximum absolute atomic E-state index is 11.8. The quantitative estimate of drug-likeness (QED) is 0.737. The molecule has 0 aromatic rings. The van der Waals surface area contributed by atoms with Crippen molar-refractivity contribution >= 4 is 5.91 Å². The van der Waals surface area contributed by atoms with E-state index in [1.165, 1.54) is 51.9 Å². The molecule has 0 bridgehead atoms. The number of rotatable bonds is 6. The van der Waals surface area contributed by atoms with Crippen molar-refractivity contribution in [3.05, 3.63) is 0 Å². The van der Waals surface area contributed by atoms with Gasteiger partial charge in [0.15, 0.2) is 0 Å². The largest absolute Gasteiger partial charge is 0.356 e. The van der Waals surface area contributed by atoms with E-state index < -0.39 is 0 Å². The van der Waals surface area contributed by atoms with Crippen LogP contribution in [0, 0.1) is 5.92 Å². The van der Waals surface area contributed by atoms with Crippen LogP contribution in [0.2, 0.25) is 0 Å². The second kappa shape index (κ2) is 7.85. The topological polar surface area (TPSA) is 35.6 Å². The Labute approximate surface area is 117 Å². The van der Waals surface area contributed by atoms with Crippen molar-refractivity contribution in [3.8, 4) is 0 Å². The van der Waals surface area contributed by atoms with Gasteiger partial charge in [0.25, 0.3) is 0 Å². The molecule has 0 radical (unpaired) electrons. The van der Waals surface area contributed by atoms with Crippen LogP contribution in [-0.2, 0) is 4.79 Å². The smallest absolute Gasteiger partial charge is 0.220 e. The van der Waals surface area contributed by atoms with Gasteiger partial charge in [-0.15, -0.1) is 0 Å². The van der Waals surface area contributed by atoms with E-state index in [4.69, 9.17) is 0 Å². The molecule has 1 aliphatic heterocycles. The molecule has 110 valence electrons. The average molecular weight is 267 g/mol. The molecule has 2 aliphatic rings. The van der Waals surface area contributed by atoms with Gasteiger partial charge in [-0.05, 0) is 38.8 Å². The number of likely N-dealkylation sites (N-methyl/N-ethyl adjacent to an activating group) is 1. The van der Waals surface area contributed by atoms with Gasteiger partial charge >= 0.3 is 0 Å². The van der Waals surface area contributed by atoms with Crippen molar-refractivity contribution in [3.63, 3.8) is 0 Å². The van der Waals surface area contributed by atoms with Crippen molar-refractivity contribution < 1.29 is 4.79 Å². The maximum atomic E-state index is 11.8. The number of piperazine rings is 1. The molecule has 2 fully saturated rings. The first-order valence-electron chi connectivity index (χ1n) is 7.91. The molecule has 1 aliphatic carbocycles. The van der Waals surface area contributed by atoms with Gasteiger partial charge in [-0.25, -0.2) is 0 Å². The zero-order valence-electron chi connectivity index (χ0n) is 12.4. The fourth-order valence-corrected chi connectivity index (χ4v) is 3.15. The van der Waals surface area contributed by atoms with Crippen molar-refractivity contribution in [2.45, 2.75) is 38.5 Å². The SMILES string of the molecule is CN1CCN(CCCNC(=O)CC2CCCC2)CC1. The summed E-state index contributed by atoms with van der Waals surface area (Å²) < 4.78 is 0. The standard InChI is InChI=1S/C15H29N3O/c1-17-9-11-18(12-10-17)8-4-7-16-15(19)13-14-5-2-3-6-14/h14H,2-13H2,1H3,(H,16,19). The normalized spacial score (nSPS) is 22.8. The fourth-order valence-electron chi connectivity index (χ4n) is 3.15. The van der Waals surface area contributed by atoms with Gasteiger partial charge in [0.05, 0.1) is 0 Å². The van der Waals surface area contributed by atoms with Gasteiger partial charge in [0.2, 0.25) is 5.91 Å². The van der Waals surface area contributed by atoms with Crippen LogP contribution in [-0.4, -0.2) is 62.0 Å². The summed E-state index contributed by atoms with van der Waals surface area (Å²) in [6, 6.07) is 0. The van der Waals surface area contributed by atoms with E-state index in [1.54, 1.807) is 0 Å². The minimum Gasteiger partial charge on any atom is -0.356 e. The lowest BCUT2D eigenvalue weighted by Gasteiger charge is -2.32. The van der Waals surface area contributed by atoms with Gasteiger partial charge in [-0.3, -0.25) is 4.79 Å². The van der Waals surface area contributed by atoms with Crippen molar-refractivity contribution in [2.24, 2.45) is 5.92 Å². The van der Waals surface area contributed by atoms with E-state index in [9.17, 15) is 4.79 Å². The van der Waals surface area contributed by atoms with Gasteiger partial charge in [-0.2, -0.15) is 0 Å². The second-order valence-electron chi connectivity index (χ2n) is 6.20. The lowest BCUT2D eigenvalue weighted by molar-refractivity contribution is -0.122. The van der Waals surface area contributed by atoms with Gasteiger partial charge in [0.1, 0.15) is 0 Å². The predicted molar refractivity (Wildman–Crippen MR) is 78.1 cm³/mol. The zero-order chi connectivity index (χ0) is 13.5. The van der Waals surface area contributed by atoms with Crippen LogP contribution in [0.1, 0.15) is 38.5 Å². The molecule has 1 saturated heterocycles. The van der Waals surface area contributed by atoms with Crippen LogP contribution < -0.4 is 5.32 Å². The van der Waals surface area contributed by atoms with E-state index in [1.807, 2.05) is 0 Å². The van der Waals surface area contributed by atoms with Crippen LogP contribution in [0.25, 0.3) is 0 Å². The molecule has 4 nitrogen and oxygen atoms in total. The highest BCUT2D eigenvalue weighted by Crippen LogP contribution is 2.27. The Kier molecular flexibility index (Phi) is 6.11. The van der Waals surface area contributed by atoms with Gasteiger partial charge in [-0.1, -0.05) is 12.8 Å². The number of carbonyl (C=O) groups excluding carboxylic acids is 1. The van der Waals surface area contributed by atoms with E-state index in [0.29, 0.717) is 5.92 Å². The number of nitrogens with zero attached hydrogens (tertiary/aromatic N) is 2. The van der Waals surface area contributed by atoms with Gasteiger partial charge in [0, 0.05) is 39.1 Å². The summed E-state index contributed by atoms with van der Waals surface area (Å²) in [5, 5.41) is 3.08. The van der Waals surface area contributed by atoms with Crippen LogP contribution in [0.15, 0.2) is 0 Å². The molecule has 1 amide bonds. The fraction of sp³-hybridized carbons (Fsp3) is 0.933. The first-order valence-corrected chi connectivity index (χ1v) is 7.91. The summed E-state index contributed by atoms with van der Waals surface area (Å²) in [6.45, 7) is 6.66. The molecular weight excluding hydrogens is 238 g/mol. The number of hydrogen-bond donors (Lipinski definition) is 1. The van der Waals surface area contributed by atoms with E-state index in [0.717, 1.165) is 25.9 Å². The lowest BCUT2D eigenvalue weighted by Crippen LogP contribution is -2.45. The molecule has 2 rings (SSSR count). The van der Waals surface area contributed by atoms with Gasteiger partial charge < -0.3 is 15.1 Å². The summed E-state index contributed by atoms with van der Waals surface area (Å²) >= 11 is 0. The molecule has 1 heterocycles. The summed E-state index contributed by atoms with van der Waals surface area (Å²) in [7, 11) is 2.18. The average Bonchev–Trinajstić information content (AvgIpc) is 2.89. The van der Waals surface area contributed by atoms with Crippen molar-refractivity contribution in [2.75, 3.05) is 46.3 Å². The van der Waals surface area contributed by atoms with E-state index in [2.05, 4.69) is 22.2 Å². The van der Waals surface area contributed by atoms with Crippen molar-refractivity contribution in [1.29, 1.82) is 0 Å². The number of amides is 1. The highest BCUT2D eigenvalue weighted by molar-refractivity contribution is 5.76. The number of nitrogens with one attached hydrogen (secondary N) is 1. The third-order valence-electron chi connectivity index (χ3n) is 4.52. The Morgan fingerprint density at radius 2 is 1.84 bits per heavy atom. The maximum Gasteiger partial charge on any atom is 0.220 e. The Morgan fingerprint density at radius 3 is 2.53 bits per heavy atom. The van der Waals surface area contributed by atoms with E-state index in [-0.39, 0.29) is 5.91 Å². The summed E-state index contributed by atoms with van der Waals surface area (Å²) in [5.74, 6) is 0.933. The summed E-state index contributed by atoms with van der Waals surface area (Å²) in [5.41, 5.74) is 0. The monoisotopic (exact) mass is 267 g/mol. The highest BCUT2D eigenvalue weighted by atomic mass is 16.1. The highest BCUT2D eigenvalue weighted by Gasteiger charge is 2.18. The molecule has 1 saturated carbocycles. The molecule has 19 heavy (non-hydrogen) atoms. The summed E-state index contributed by atoms with van der Waals surface area (Å²) in [4.78, 5) is 16.6. The minimum absolute atomic E-state index is 0.269. The molecule has 4 heteroatoms. The number of hydrogen-bond acceptors (Lipinski definition) is 3. The van der Waals surface area contributed by atoms with Crippen molar-refractivity contribution in [1.82, 2.24) is 15.1 Å². The predicted octanol–water partition coefficient (Wildman–Crippen LogP) is 1.32. The molecule has 0 aromatic heterocycles. The molecule has 0 atom stereocenters. The van der Waals surface area contributed by atoms with E-state index >= 15 is 0 Å². The molecule has 0 aromatic carbocycles. The Hall–Kier alpha value is -0.610. The Balaban J connectivity index is 1.48. The second-order valence-corrected chi connectivity index (χ2v) is 6.20. The van der Waals surface area contributed by atoms with Crippen LogP contribution in [0.3, 0.4) is 0 Å².